The van der Waals surface area contributed by atoms with Crippen LogP contribution in [0.15, 0.2) is 18.2 Å². The Morgan fingerprint density at radius 3 is 2.84 bits per heavy atom. The number of carbonyl (C=O) groups excluding carboxylic acids is 1. The van der Waals surface area contributed by atoms with Crippen LogP contribution in [0.2, 0.25) is 0 Å². The lowest BCUT2D eigenvalue weighted by molar-refractivity contribution is -0.384. The molecule has 1 aromatic carbocycles. The van der Waals surface area contributed by atoms with Gasteiger partial charge in [-0.15, -0.1) is 0 Å². The topological polar surface area (TPSA) is 110 Å². The summed E-state index contributed by atoms with van der Waals surface area (Å²) >= 11 is 0. The van der Waals surface area contributed by atoms with E-state index >= 15 is 0 Å². The van der Waals surface area contributed by atoms with Gasteiger partial charge < -0.3 is 15.7 Å². The van der Waals surface area contributed by atoms with Crippen LogP contribution in [0.4, 0.5) is 11.4 Å². The van der Waals surface area contributed by atoms with Crippen molar-refractivity contribution in [2.75, 3.05) is 18.0 Å². The summed E-state index contributed by atoms with van der Waals surface area (Å²) in [5, 5.41) is 20.7. The van der Waals surface area contributed by atoms with Crippen LogP contribution in [0.5, 0.6) is 0 Å². The van der Waals surface area contributed by atoms with Crippen molar-refractivity contribution in [3.05, 3.63) is 33.9 Å². The van der Waals surface area contributed by atoms with Crippen molar-refractivity contribution in [2.45, 2.75) is 18.9 Å². The fourth-order valence-electron chi connectivity index (χ4n) is 2.26. The van der Waals surface area contributed by atoms with Crippen molar-refractivity contribution >= 4 is 17.3 Å². The van der Waals surface area contributed by atoms with E-state index < -0.39 is 16.9 Å². The van der Waals surface area contributed by atoms with E-state index in [0.717, 1.165) is 6.42 Å². The van der Waals surface area contributed by atoms with Gasteiger partial charge in [-0.1, -0.05) is 0 Å². The molecule has 1 fully saturated rings. The summed E-state index contributed by atoms with van der Waals surface area (Å²) in [6.45, 7) is 1.00. The number of nitro benzene ring substituents is 1. The van der Waals surface area contributed by atoms with E-state index in [4.69, 9.17) is 5.73 Å². The molecule has 1 atom stereocenters. The second-order valence-electron chi connectivity index (χ2n) is 4.57. The van der Waals surface area contributed by atoms with Gasteiger partial charge in [0.05, 0.1) is 11.0 Å². The first-order valence-electron chi connectivity index (χ1n) is 6.00. The predicted molar refractivity (Wildman–Crippen MR) is 69.1 cm³/mol. The average molecular weight is 265 g/mol. The quantitative estimate of drug-likeness (QED) is 0.616. The number of piperidine rings is 1. The number of rotatable bonds is 3. The Morgan fingerprint density at radius 2 is 2.26 bits per heavy atom. The number of hydrogen-bond donors (Lipinski definition) is 2. The summed E-state index contributed by atoms with van der Waals surface area (Å²) in [6.07, 6.45) is 0.990. The molecule has 2 rings (SSSR count). The zero-order valence-corrected chi connectivity index (χ0v) is 10.3. The number of primary amides is 1. The van der Waals surface area contributed by atoms with E-state index in [9.17, 15) is 20.0 Å². The van der Waals surface area contributed by atoms with Gasteiger partial charge >= 0.3 is 0 Å². The van der Waals surface area contributed by atoms with Crippen molar-refractivity contribution in [2.24, 2.45) is 5.73 Å². The first kappa shape index (κ1) is 13.3. The zero-order chi connectivity index (χ0) is 14.0. The van der Waals surface area contributed by atoms with E-state index in [-0.39, 0.29) is 11.3 Å². The van der Waals surface area contributed by atoms with Crippen molar-refractivity contribution in [3.8, 4) is 0 Å². The molecule has 0 aromatic heterocycles. The molecule has 0 aliphatic carbocycles. The molecule has 1 aromatic rings. The third-order valence-corrected chi connectivity index (χ3v) is 3.19. The average Bonchev–Trinajstić information content (AvgIpc) is 2.37. The normalized spacial score (nSPS) is 19.2. The number of carbonyl (C=O) groups is 1. The van der Waals surface area contributed by atoms with E-state index in [1.165, 1.54) is 18.2 Å². The molecule has 19 heavy (non-hydrogen) atoms. The number of nitrogens with zero attached hydrogens (tertiary/aromatic N) is 2. The molecule has 1 amide bonds. The van der Waals surface area contributed by atoms with Gasteiger partial charge in [-0.05, 0) is 25.0 Å². The van der Waals surface area contributed by atoms with Crippen LogP contribution >= 0.6 is 0 Å². The highest BCUT2D eigenvalue weighted by Crippen LogP contribution is 2.31. The van der Waals surface area contributed by atoms with Crippen LogP contribution in [0, 0.1) is 10.1 Å². The molecule has 7 heteroatoms. The molecule has 1 aliphatic rings. The highest BCUT2D eigenvalue weighted by Gasteiger charge is 2.25. The van der Waals surface area contributed by atoms with Crippen LogP contribution in [0.1, 0.15) is 23.2 Å². The highest BCUT2D eigenvalue weighted by atomic mass is 16.6. The summed E-state index contributed by atoms with van der Waals surface area (Å²) < 4.78 is 0. The van der Waals surface area contributed by atoms with Gasteiger partial charge in [0.15, 0.2) is 0 Å². The number of amides is 1. The number of aliphatic hydroxyl groups is 1. The second-order valence-corrected chi connectivity index (χ2v) is 4.57. The Balaban J connectivity index is 2.38. The lowest BCUT2D eigenvalue weighted by atomic mass is 10.1. The Hall–Kier alpha value is -2.15. The Labute approximate surface area is 109 Å². The number of hydrogen-bond acceptors (Lipinski definition) is 5. The summed E-state index contributed by atoms with van der Waals surface area (Å²) in [7, 11) is 0. The van der Waals surface area contributed by atoms with Crippen LogP contribution in [0.3, 0.4) is 0 Å². The Kier molecular flexibility index (Phi) is 3.66. The van der Waals surface area contributed by atoms with Gasteiger partial charge in [0.1, 0.15) is 5.69 Å². The molecule has 0 spiro atoms. The number of nitro groups is 1. The minimum atomic E-state index is -0.701. The van der Waals surface area contributed by atoms with Gasteiger partial charge in [0.2, 0.25) is 5.91 Å². The van der Waals surface area contributed by atoms with E-state index in [1.807, 2.05) is 0 Å². The summed E-state index contributed by atoms with van der Waals surface area (Å²) in [5.41, 5.74) is 5.47. The van der Waals surface area contributed by atoms with Crippen LogP contribution in [-0.2, 0) is 0 Å². The monoisotopic (exact) mass is 265 g/mol. The van der Waals surface area contributed by atoms with Crippen molar-refractivity contribution in [1.82, 2.24) is 0 Å². The fraction of sp³-hybridized carbons (Fsp3) is 0.417. The number of anilines is 1. The van der Waals surface area contributed by atoms with Gasteiger partial charge in [-0.2, -0.15) is 0 Å². The maximum atomic E-state index is 11.1. The molecule has 102 valence electrons. The fourth-order valence-corrected chi connectivity index (χ4v) is 2.26. The Morgan fingerprint density at radius 1 is 1.53 bits per heavy atom. The second kappa shape index (κ2) is 5.23. The minimum Gasteiger partial charge on any atom is -0.391 e. The predicted octanol–water partition coefficient (Wildman–Crippen LogP) is 0.655. The van der Waals surface area contributed by atoms with E-state index in [0.29, 0.717) is 25.2 Å². The molecule has 0 unspecified atom stereocenters. The third-order valence-electron chi connectivity index (χ3n) is 3.19. The molecule has 3 N–H and O–H groups in total. The van der Waals surface area contributed by atoms with Gasteiger partial charge in [-0.25, -0.2) is 0 Å². The molecule has 1 saturated heterocycles. The van der Waals surface area contributed by atoms with Crippen LogP contribution in [0.25, 0.3) is 0 Å². The highest BCUT2D eigenvalue weighted by molar-refractivity contribution is 5.94. The maximum absolute atomic E-state index is 11.1. The molecule has 1 heterocycles. The first-order valence-corrected chi connectivity index (χ1v) is 6.00. The lowest BCUT2D eigenvalue weighted by Crippen LogP contribution is -2.38. The SMILES string of the molecule is NC(=O)c1ccc(N2CCC[C@H](O)C2)c([N+](=O)[O-])c1. The molecule has 0 bridgehead atoms. The summed E-state index contributed by atoms with van der Waals surface area (Å²) in [6, 6.07) is 4.15. The van der Waals surface area contributed by atoms with E-state index in [1.54, 1.807) is 4.90 Å². The number of benzene rings is 1. The number of β-amino-alcohol motifs (C(OH)–C–C–N with tert-alkyl or cyclic N) is 1. The van der Waals surface area contributed by atoms with Crippen molar-refractivity contribution in [1.29, 1.82) is 0 Å². The standard InChI is InChI=1S/C12H15N3O4/c13-12(17)8-3-4-10(11(6-8)15(18)19)14-5-1-2-9(16)7-14/h3-4,6,9,16H,1-2,5,7H2,(H2,13,17)/t9-/m0/s1. The molecule has 0 saturated carbocycles. The largest absolute Gasteiger partial charge is 0.391 e. The lowest BCUT2D eigenvalue weighted by Gasteiger charge is -2.31. The van der Waals surface area contributed by atoms with Crippen molar-refractivity contribution < 1.29 is 14.8 Å². The molecule has 0 radical (unpaired) electrons. The third kappa shape index (κ3) is 2.82. The zero-order valence-electron chi connectivity index (χ0n) is 10.3. The molecule has 7 nitrogen and oxygen atoms in total. The Bertz CT molecular complexity index is 518. The number of aliphatic hydroxyl groups excluding tert-OH is 1. The van der Waals surface area contributed by atoms with Crippen molar-refractivity contribution in [3.63, 3.8) is 0 Å². The van der Waals surface area contributed by atoms with Crippen LogP contribution in [-0.4, -0.2) is 35.1 Å². The van der Waals surface area contributed by atoms with Gasteiger partial charge in [-0.3, -0.25) is 14.9 Å². The molecular formula is C12H15N3O4. The summed E-state index contributed by atoms with van der Waals surface area (Å²) in [4.78, 5) is 23.4. The molecular weight excluding hydrogens is 250 g/mol. The number of nitrogens with two attached hydrogens (primary N) is 1. The summed E-state index contributed by atoms with van der Waals surface area (Å²) in [5.74, 6) is -0.701. The smallest absolute Gasteiger partial charge is 0.293 e. The van der Waals surface area contributed by atoms with Crippen LogP contribution < -0.4 is 10.6 Å². The maximum Gasteiger partial charge on any atom is 0.293 e. The van der Waals surface area contributed by atoms with E-state index in [2.05, 4.69) is 0 Å². The minimum absolute atomic E-state index is 0.105. The first-order chi connectivity index (χ1) is 8.99. The van der Waals surface area contributed by atoms with Gasteiger partial charge in [0, 0.05) is 24.7 Å². The molecule has 1 aliphatic heterocycles. The van der Waals surface area contributed by atoms with Gasteiger partial charge in [0.25, 0.3) is 5.69 Å².